The van der Waals surface area contributed by atoms with Crippen molar-refractivity contribution in [1.29, 1.82) is 0 Å². The number of nitrogens with one attached hydrogen (secondary N) is 3. The summed E-state index contributed by atoms with van der Waals surface area (Å²) in [6, 6.07) is 6.72. The molecule has 8 heteroatoms. The van der Waals surface area contributed by atoms with E-state index in [2.05, 4.69) is 41.7 Å². The van der Waals surface area contributed by atoms with Gasteiger partial charge in [-0.2, -0.15) is 0 Å². The highest BCUT2D eigenvalue weighted by Gasteiger charge is 2.08. The molecule has 0 saturated heterocycles. The van der Waals surface area contributed by atoms with Gasteiger partial charge in [-0.25, -0.2) is 0 Å². The molecule has 130 valence electrons. The monoisotopic (exact) mass is 435 g/mol. The molecule has 1 unspecified atom stereocenters. The van der Waals surface area contributed by atoms with Gasteiger partial charge in [-0.3, -0.25) is 15.1 Å². The Kier molecular flexibility index (Phi) is 10.3. The Balaban J connectivity index is 0.00000484. The summed E-state index contributed by atoms with van der Waals surface area (Å²) in [6.45, 7) is 7.81. The molecule has 7 nitrogen and oxygen atoms in total. The van der Waals surface area contributed by atoms with Crippen molar-refractivity contribution in [1.82, 2.24) is 10.6 Å². The fraction of sp³-hybridized carbons (Fsp3) is 0.533. The molecule has 0 aliphatic heterocycles. The standard InChI is InChI=1S/C15H25N5O2.HI/c1-11(2)12(3)19-15(16-4)18-10-9-17-13-5-7-14(8-6-13)20(21)22;/h5-8,11-12,17H,9-10H2,1-4H3,(H2,16,18,19);1H. The molecule has 0 aliphatic rings. The third kappa shape index (κ3) is 8.00. The van der Waals surface area contributed by atoms with Crippen LogP contribution in [0.25, 0.3) is 0 Å². The third-order valence-electron chi connectivity index (χ3n) is 3.41. The van der Waals surface area contributed by atoms with E-state index in [-0.39, 0.29) is 29.7 Å². The fourth-order valence-electron chi connectivity index (χ4n) is 1.67. The second-order valence-electron chi connectivity index (χ2n) is 5.41. The lowest BCUT2D eigenvalue weighted by atomic mass is 10.1. The van der Waals surface area contributed by atoms with Crippen molar-refractivity contribution in [2.75, 3.05) is 25.5 Å². The van der Waals surface area contributed by atoms with E-state index in [0.717, 1.165) is 11.6 Å². The number of benzene rings is 1. The maximum Gasteiger partial charge on any atom is 0.269 e. The predicted molar refractivity (Wildman–Crippen MR) is 106 cm³/mol. The van der Waals surface area contributed by atoms with Crippen molar-refractivity contribution in [3.8, 4) is 0 Å². The van der Waals surface area contributed by atoms with E-state index < -0.39 is 4.92 Å². The first-order valence-corrected chi connectivity index (χ1v) is 7.39. The number of nitro groups is 1. The first-order chi connectivity index (χ1) is 10.4. The van der Waals surface area contributed by atoms with Gasteiger partial charge in [0, 0.05) is 44.0 Å². The lowest BCUT2D eigenvalue weighted by molar-refractivity contribution is -0.384. The summed E-state index contributed by atoms with van der Waals surface area (Å²) in [5.41, 5.74) is 0.946. The third-order valence-corrected chi connectivity index (χ3v) is 3.41. The zero-order valence-electron chi connectivity index (χ0n) is 14.0. The number of guanidine groups is 1. The van der Waals surface area contributed by atoms with Crippen LogP contribution >= 0.6 is 24.0 Å². The molecule has 1 aromatic rings. The van der Waals surface area contributed by atoms with Crippen LogP contribution in [-0.4, -0.2) is 37.1 Å². The molecule has 0 saturated carbocycles. The molecule has 1 atom stereocenters. The number of non-ortho nitro benzene ring substituents is 1. The van der Waals surface area contributed by atoms with E-state index in [9.17, 15) is 10.1 Å². The summed E-state index contributed by atoms with van der Waals surface area (Å²) in [5, 5.41) is 20.3. The molecule has 0 spiro atoms. The van der Waals surface area contributed by atoms with Gasteiger partial charge in [0.1, 0.15) is 0 Å². The van der Waals surface area contributed by atoms with Gasteiger partial charge in [-0.05, 0) is 25.0 Å². The molecule has 3 N–H and O–H groups in total. The van der Waals surface area contributed by atoms with Gasteiger partial charge in [-0.1, -0.05) is 13.8 Å². The molecule has 0 radical (unpaired) electrons. The molecule has 0 heterocycles. The fourth-order valence-corrected chi connectivity index (χ4v) is 1.67. The van der Waals surface area contributed by atoms with E-state index >= 15 is 0 Å². The highest BCUT2D eigenvalue weighted by atomic mass is 127. The van der Waals surface area contributed by atoms with Crippen LogP contribution in [-0.2, 0) is 0 Å². The number of aliphatic imine (C=N–C) groups is 1. The van der Waals surface area contributed by atoms with Crippen molar-refractivity contribution < 1.29 is 4.92 Å². The number of hydrogen-bond donors (Lipinski definition) is 3. The summed E-state index contributed by atoms with van der Waals surface area (Å²) in [7, 11) is 1.74. The van der Waals surface area contributed by atoms with Crippen LogP contribution < -0.4 is 16.0 Å². The minimum atomic E-state index is -0.406. The maximum atomic E-state index is 10.6. The quantitative estimate of drug-likeness (QED) is 0.153. The first-order valence-electron chi connectivity index (χ1n) is 7.39. The van der Waals surface area contributed by atoms with Gasteiger partial charge >= 0.3 is 0 Å². The van der Waals surface area contributed by atoms with Gasteiger partial charge in [-0.15, -0.1) is 24.0 Å². The Hall–Kier alpha value is -1.58. The second-order valence-corrected chi connectivity index (χ2v) is 5.41. The molecule has 0 aliphatic carbocycles. The topological polar surface area (TPSA) is 91.6 Å². The van der Waals surface area contributed by atoms with Crippen LogP contribution in [0.15, 0.2) is 29.3 Å². The van der Waals surface area contributed by atoms with Gasteiger partial charge in [0.15, 0.2) is 5.96 Å². The minimum absolute atomic E-state index is 0. The van der Waals surface area contributed by atoms with Crippen molar-refractivity contribution in [2.24, 2.45) is 10.9 Å². The summed E-state index contributed by atoms with van der Waals surface area (Å²) >= 11 is 0. The van der Waals surface area contributed by atoms with Gasteiger partial charge in [0.2, 0.25) is 0 Å². The van der Waals surface area contributed by atoms with E-state index in [1.807, 2.05) is 0 Å². The zero-order chi connectivity index (χ0) is 16.5. The zero-order valence-corrected chi connectivity index (χ0v) is 16.3. The van der Waals surface area contributed by atoms with Crippen LogP contribution in [0.1, 0.15) is 20.8 Å². The van der Waals surface area contributed by atoms with E-state index in [1.165, 1.54) is 12.1 Å². The Morgan fingerprint density at radius 2 is 1.83 bits per heavy atom. The van der Waals surface area contributed by atoms with Crippen molar-refractivity contribution in [3.05, 3.63) is 34.4 Å². The average molecular weight is 435 g/mol. The summed E-state index contributed by atoms with van der Waals surface area (Å²) in [6.07, 6.45) is 0. The smallest absolute Gasteiger partial charge is 0.269 e. The maximum absolute atomic E-state index is 10.6. The molecule has 23 heavy (non-hydrogen) atoms. The average Bonchev–Trinajstić information content (AvgIpc) is 2.50. The van der Waals surface area contributed by atoms with Crippen molar-refractivity contribution in [3.63, 3.8) is 0 Å². The number of nitro benzene ring substituents is 1. The van der Waals surface area contributed by atoms with Gasteiger partial charge in [0.25, 0.3) is 5.69 Å². The number of halogens is 1. The van der Waals surface area contributed by atoms with Gasteiger partial charge < -0.3 is 16.0 Å². The molecule has 1 rings (SSSR count). The molecular weight excluding hydrogens is 409 g/mol. The van der Waals surface area contributed by atoms with E-state index in [4.69, 9.17) is 0 Å². The normalized spacial score (nSPS) is 12.3. The van der Waals surface area contributed by atoms with Gasteiger partial charge in [0.05, 0.1) is 4.92 Å². The Bertz CT molecular complexity index is 505. The number of anilines is 1. The highest BCUT2D eigenvalue weighted by Crippen LogP contribution is 2.14. The summed E-state index contributed by atoms with van der Waals surface area (Å²) in [4.78, 5) is 14.3. The molecule has 1 aromatic carbocycles. The largest absolute Gasteiger partial charge is 0.383 e. The van der Waals surface area contributed by atoms with Crippen molar-refractivity contribution in [2.45, 2.75) is 26.8 Å². The Labute approximate surface area is 154 Å². The number of rotatable bonds is 7. The lowest BCUT2D eigenvalue weighted by Crippen LogP contribution is -2.45. The molecule has 0 aromatic heterocycles. The molecule has 0 fully saturated rings. The second kappa shape index (κ2) is 11.0. The van der Waals surface area contributed by atoms with E-state index in [0.29, 0.717) is 25.0 Å². The summed E-state index contributed by atoms with van der Waals surface area (Å²) < 4.78 is 0. The predicted octanol–water partition coefficient (Wildman–Crippen LogP) is 2.83. The molecular formula is C15H26IN5O2. The van der Waals surface area contributed by atoms with Crippen LogP contribution in [0.3, 0.4) is 0 Å². The Morgan fingerprint density at radius 3 is 2.30 bits per heavy atom. The lowest BCUT2D eigenvalue weighted by Gasteiger charge is -2.20. The SMILES string of the molecule is CN=C(NCCNc1ccc([N+](=O)[O-])cc1)NC(C)C(C)C.I. The minimum Gasteiger partial charge on any atom is -0.383 e. The molecule has 0 amide bonds. The van der Waals surface area contributed by atoms with E-state index in [1.54, 1.807) is 19.2 Å². The van der Waals surface area contributed by atoms with Crippen LogP contribution in [0.4, 0.5) is 11.4 Å². The highest BCUT2D eigenvalue weighted by molar-refractivity contribution is 14.0. The van der Waals surface area contributed by atoms with Crippen LogP contribution in [0, 0.1) is 16.0 Å². The van der Waals surface area contributed by atoms with Crippen LogP contribution in [0.5, 0.6) is 0 Å². The first kappa shape index (κ1) is 21.4. The molecule has 0 bridgehead atoms. The number of hydrogen-bond acceptors (Lipinski definition) is 4. The number of nitrogens with zero attached hydrogens (tertiary/aromatic N) is 2. The van der Waals surface area contributed by atoms with Crippen molar-refractivity contribution >= 4 is 41.3 Å². The van der Waals surface area contributed by atoms with Crippen LogP contribution in [0.2, 0.25) is 0 Å². The Morgan fingerprint density at radius 1 is 1.22 bits per heavy atom. The summed E-state index contributed by atoms with van der Waals surface area (Å²) in [5.74, 6) is 1.29.